The Labute approximate surface area is 109 Å². The average Bonchev–Trinajstić information content (AvgIpc) is 2.73. The molecule has 1 atom stereocenters. The summed E-state index contributed by atoms with van der Waals surface area (Å²) in [6.45, 7) is 0.0370. The molecule has 2 rings (SSSR count). The number of rotatable bonds is 5. The normalized spacial score (nSPS) is 18.2. The molecule has 0 spiro atoms. The van der Waals surface area contributed by atoms with Gasteiger partial charge in [0, 0.05) is 0 Å². The second-order valence-electron chi connectivity index (χ2n) is 4.08. The van der Waals surface area contributed by atoms with E-state index in [1.165, 1.54) is 0 Å². The first-order chi connectivity index (χ1) is 9.15. The molecule has 0 saturated carbocycles. The topological polar surface area (TPSA) is 81.7 Å². The molecule has 1 saturated heterocycles. The number of carbonyl (C=O) groups is 3. The molecule has 6 heteroatoms. The van der Waals surface area contributed by atoms with E-state index in [0.29, 0.717) is 0 Å². The number of carbonyl (C=O) groups excluding carboxylic acids is 3. The molecule has 19 heavy (non-hydrogen) atoms. The van der Waals surface area contributed by atoms with Gasteiger partial charge in [-0.1, -0.05) is 30.3 Å². The molecule has 100 valence electrons. The zero-order chi connectivity index (χ0) is 13.7. The van der Waals surface area contributed by atoms with Crippen molar-refractivity contribution in [3.8, 4) is 0 Å². The zero-order valence-electron chi connectivity index (χ0n) is 10.1. The Kier molecular flexibility index (Phi) is 4.25. The highest BCUT2D eigenvalue weighted by molar-refractivity contribution is 5.97. The fourth-order valence-electron chi connectivity index (χ4n) is 1.63. The van der Waals surface area contributed by atoms with Crippen LogP contribution in [0.5, 0.6) is 0 Å². The molecule has 0 unspecified atom stereocenters. The van der Waals surface area contributed by atoms with Crippen LogP contribution in [-0.2, 0) is 30.5 Å². The lowest BCUT2D eigenvalue weighted by Crippen LogP contribution is -2.37. The minimum atomic E-state index is -0.753. The Hall–Kier alpha value is -2.21. The summed E-state index contributed by atoms with van der Waals surface area (Å²) in [7, 11) is 0. The van der Waals surface area contributed by atoms with Gasteiger partial charge in [0.25, 0.3) is 0 Å². The first kappa shape index (κ1) is 13.2. The van der Waals surface area contributed by atoms with Crippen LogP contribution < -0.4 is 5.32 Å². The maximum atomic E-state index is 11.4. The van der Waals surface area contributed by atoms with Crippen molar-refractivity contribution >= 4 is 17.9 Å². The van der Waals surface area contributed by atoms with Gasteiger partial charge in [-0.05, 0) is 5.56 Å². The van der Waals surface area contributed by atoms with Crippen molar-refractivity contribution in [2.75, 3.05) is 6.54 Å². The minimum absolute atomic E-state index is 0.0508. The van der Waals surface area contributed by atoms with Gasteiger partial charge < -0.3 is 9.47 Å². The van der Waals surface area contributed by atoms with E-state index < -0.39 is 23.9 Å². The van der Waals surface area contributed by atoms with Crippen LogP contribution in [0.15, 0.2) is 30.3 Å². The fourth-order valence-corrected chi connectivity index (χ4v) is 1.63. The summed E-state index contributed by atoms with van der Waals surface area (Å²) in [5.74, 6) is -1.72. The molecule has 0 radical (unpaired) electrons. The van der Waals surface area contributed by atoms with Crippen LogP contribution >= 0.6 is 0 Å². The molecule has 1 aromatic rings. The summed E-state index contributed by atoms with van der Waals surface area (Å²) in [5, 5.41) is 2.63. The van der Waals surface area contributed by atoms with E-state index in [0.717, 1.165) is 5.56 Å². The quantitative estimate of drug-likeness (QED) is 0.602. The van der Waals surface area contributed by atoms with Crippen LogP contribution in [0, 0.1) is 0 Å². The van der Waals surface area contributed by atoms with Crippen molar-refractivity contribution in [3.05, 3.63) is 35.9 Å². The predicted molar refractivity (Wildman–Crippen MR) is 63.7 cm³/mol. The highest BCUT2D eigenvalue weighted by Crippen LogP contribution is 2.07. The number of cyclic esters (lactones) is 2. The largest absolute Gasteiger partial charge is 0.460 e. The van der Waals surface area contributed by atoms with E-state index >= 15 is 0 Å². The summed E-state index contributed by atoms with van der Waals surface area (Å²) in [4.78, 5) is 33.4. The van der Waals surface area contributed by atoms with Crippen LogP contribution in [-0.4, -0.2) is 30.5 Å². The molecule has 1 aliphatic rings. The smallest absolute Gasteiger partial charge is 0.331 e. The lowest BCUT2D eigenvalue weighted by atomic mass is 10.2. The third kappa shape index (κ3) is 3.89. The number of ether oxygens (including phenoxy) is 2. The number of esters is 3. The number of nitrogens with one attached hydrogen (secondary N) is 1. The van der Waals surface area contributed by atoms with Crippen molar-refractivity contribution in [3.63, 3.8) is 0 Å². The Morgan fingerprint density at radius 3 is 2.68 bits per heavy atom. The van der Waals surface area contributed by atoms with E-state index in [1.54, 1.807) is 0 Å². The molecular weight excluding hydrogens is 250 g/mol. The second-order valence-corrected chi connectivity index (χ2v) is 4.08. The average molecular weight is 263 g/mol. The molecule has 0 amide bonds. The van der Waals surface area contributed by atoms with E-state index in [9.17, 15) is 14.4 Å². The predicted octanol–water partition coefficient (Wildman–Crippen LogP) is 0.161. The van der Waals surface area contributed by atoms with Crippen LogP contribution in [0.2, 0.25) is 0 Å². The summed E-state index contributed by atoms with van der Waals surface area (Å²) in [6.07, 6.45) is -0.0508. The number of benzene rings is 1. The molecule has 1 fully saturated rings. The Morgan fingerprint density at radius 1 is 1.32 bits per heavy atom. The third-order valence-electron chi connectivity index (χ3n) is 2.61. The molecular formula is C13H13NO5. The Morgan fingerprint density at radius 2 is 2.05 bits per heavy atom. The minimum Gasteiger partial charge on any atom is -0.460 e. The number of hydrogen-bond acceptors (Lipinski definition) is 6. The van der Waals surface area contributed by atoms with E-state index in [4.69, 9.17) is 4.74 Å². The van der Waals surface area contributed by atoms with Crippen molar-refractivity contribution in [2.24, 2.45) is 0 Å². The summed E-state index contributed by atoms with van der Waals surface area (Å²) >= 11 is 0. The van der Waals surface area contributed by atoms with Crippen LogP contribution in [0.3, 0.4) is 0 Å². The molecule has 0 aromatic heterocycles. The van der Waals surface area contributed by atoms with Gasteiger partial charge in [-0.15, -0.1) is 0 Å². The van der Waals surface area contributed by atoms with E-state index in [2.05, 4.69) is 10.1 Å². The Bertz CT molecular complexity index is 485. The molecule has 1 aliphatic heterocycles. The van der Waals surface area contributed by atoms with E-state index in [-0.39, 0.29) is 19.6 Å². The monoisotopic (exact) mass is 263 g/mol. The molecule has 0 aliphatic carbocycles. The maximum absolute atomic E-state index is 11.4. The highest BCUT2D eigenvalue weighted by Gasteiger charge is 2.33. The molecule has 1 heterocycles. The van der Waals surface area contributed by atoms with Gasteiger partial charge >= 0.3 is 17.9 Å². The summed E-state index contributed by atoms with van der Waals surface area (Å²) in [6, 6.07) is 8.50. The third-order valence-corrected chi connectivity index (χ3v) is 2.61. The molecule has 1 aromatic carbocycles. The van der Waals surface area contributed by atoms with Crippen molar-refractivity contribution in [1.82, 2.24) is 5.32 Å². The SMILES string of the molecule is O=C(CN[C@H]1CC(=O)OC1=O)OCc1ccccc1. The lowest BCUT2D eigenvalue weighted by molar-refractivity contribution is -0.152. The van der Waals surface area contributed by atoms with Crippen molar-refractivity contribution in [1.29, 1.82) is 0 Å². The van der Waals surface area contributed by atoms with Gasteiger partial charge in [0.15, 0.2) is 0 Å². The van der Waals surface area contributed by atoms with Gasteiger partial charge in [0.05, 0.1) is 13.0 Å². The zero-order valence-corrected chi connectivity index (χ0v) is 10.1. The van der Waals surface area contributed by atoms with Gasteiger partial charge in [0.2, 0.25) is 0 Å². The molecule has 6 nitrogen and oxygen atoms in total. The molecule has 1 N–H and O–H groups in total. The Balaban J connectivity index is 1.70. The lowest BCUT2D eigenvalue weighted by Gasteiger charge is -2.08. The van der Waals surface area contributed by atoms with E-state index in [1.807, 2.05) is 30.3 Å². The van der Waals surface area contributed by atoms with Crippen LogP contribution in [0.25, 0.3) is 0 Å². The van der Waals surface area contributed by atoms with Crippen LogP contribution in [0.1, 0.15) is 12.0 Å². The maximum Gasteiger partial charge on any atom is 0.331 e. The molecule has 0 bridgehead atoms. The van der Waals surface area contributed by atoms with Crippen LogP contribution in [0.4, 0.5) is 0 Å². The van der Waals surface area contributed by atoms with Crippen molar-refractivity contribution in [2.45, 2.75) is 19.1 Å². The van der Waals surface area contributed by atoms with Gasteiger partial charge in [-0.3, -0.25) is 14.9 Å². The second kappa shape index (κ2) is 6.10. The van der Waals surface area contributed by atoms with Gasteiger partial charge in [0.1, 0.15) is 12.6 Å². The summed E-state index contributed by atoms with van der Waals surface area (Å²) < 4.78 is 9.35. The number of hydrogen-bond donors (Lipinski definition) is 1. The first-order valence-corrected chi connectivity index (χ1v) is 5.82. The van der Waals surface area contributed by atoms with Gasteiger partial charge in [-0.25, -0.2) is 4.79 Å². The van der Waals surface area contributed by atoms with Crippen molar-refractivity contribution < 1.29 is 23.9 Å². The summed E-state index contributed by atoms with van der Waals surface area (Å²) in [5.41, 5.74) is 0.881. The van der Waals surface area contributed by atoms with Gasteiger partial charge in [-0.2, -0.15) is 0 Å². The fraction of sp³-hybridized carbons (Fsp3) is 0.308. The first-order valence-electron chi connectivity index (χ1n) is 5.82. The highest BCUT2D eigenvalue weighted by atomic mass is 16.6. The standard InChI is InChI=1S/C13H13NO5/c15-11-6-10(13(17)19-11)14-7-12(16)18-8-9-4-2-1-3-5-9/h1-5,10,14H,6-8H2/t10-/m0/s1.